The van der Waals surface area contributed by atoms with E-state index in [1.165, 1.54) is 0 Å². The maximum Gasteiger partial charge on any atom is 0 e. The molecule has 0 amide bonds. The zero-order valence-corrected chi connectivity index (χ0v) is 5.48. The van der Waals surface area contributed by atoms with Gasteiger partial charge in [-0.1, -0.05) is 14.9 Å². The highest BCUT2D eigenvalue weighted by Crippen LogP contribution is 1.89. The predicted molar refractivity (Wildman–Crippen MR) is 44.0 cm³/mol. The second-order valence-electron chi connectivity index (χ2n) is 0. The Hall–Kier alpha value is 1.39. The van der Waals surface area contributed by atoms with Gasteiger partial charge in [-0.25, -0.2) is 0 Å². The van der Waals surface area contributed by atoms with Crippen LogP contribution in [0.1, 0.15) is 14.9 Å². The SMILES string of the molecule is C.C.F.II. The third-order valence-corrected chi connectivity index (χ3v) is 0. The third-order valence-electron chi connectivity index (χ3n) is 0. The summed E-state index contributed by atoms with van der Waals surface area (Å²) in [5, 5.41) is 0. The lowest BCUT2D eigenvalue weighted by Crippen LogP contribution is -0.114. The van der Waals surface area contributed by atoms with Gasteiger partial charge < -0.3 is 0 Å². The van der Waals surface area contributed by atoms with E-state index in [0.29, 0.717) is 0 Å². The van der Waals surface area contributed by atoms with E-state index >= 15 is 0 Å². The standard InChI is InChI=1S/2CH4.FH.I2/c;;;1-2/h2*1H4;1H;. The molecule has 0 saturated heterocycles. The second-order valence-corrected chi connectivity index (χ2v) is 0. The van der Waals surface area contributed by atoms with Crippen LogP contribution in [0.5, 0.6) is 0 Å². The van der Waals surface area contributed by atoms with E-state index in [2.05, 4.69) is 37.2 Å². The second kappa shape index (κ2) is 53.8. The highest BCUT2D eigenvalue weighted by Gasteiger charge is 1.00. The summed E-state index contributed by atoms with van der Waals surface area (Å²) in [6.45, 7) is 0. The largest absolute Gasteiger partial charge is 0.269 e. The molecule has 0 aliphatic rings. The lowest BCUT2D eigenvalue weighted by Gasteiger charge is -1.00. The van der Waals surface area contributed by atoms with Crippen LogP contribution in [0.2, 0.25) is 0 Å². The van der Waals surface area contributed by atoms with Crippen molar-refractivity contribution in [3.8, 4) is 0 Å². The monoisotopic (exact) mass is 306 g/mol. The average Bonchev–Trinajstić information content (AvgIpc) is 1.00. The van der Waals surface area contributed by atoms with Crippen LogP contribution in [0.15, 0.2) is 0 Å². The topological polar surface area (TPSA) is 0 Å². The van der Waals surface area contributed by atoms with E-state index in [1.807, 2.05) is 0 Å². The molecule has 0 atom stereocenters. The normalized spacial score (nSPS) is 1.20. The van der Waals surface area contributed by atoms with Crippen LogP contribution in [0.4, 0.5) is 4.70 Å². The Kier molecular flexibility index (Phi) is 349. The van der Waals surface area contributed by atoms with Gasteiger partial charge in [-0.15, -0.1) is 0 Å². The van der Waals surface area contributed by atoms with Crippen LogP contribution in [-0.2, 0) is 0 Å². The summed E-state index contributed by atoms with van der Waals surface area (Å²) in [6, 6.07) is 0. The third kappa shape index (κ3) is 32.1. The summed E-state index contributed by atoms with van der Waals surface area (Å²) in [5.74, 6) is 0. The lowest BCUT2D eigenvalue weighted by atomic mass is 12.0. The molecular formula is C2H9FI2. The van der Waals surface area contributed by atoms with Gasteiger partial charge in [0.25, 0.3) is 0 Å². The molecule has 0 rings (SSSR count). The van der Waals surface area contributed by atoms with E-state index in [0.717, 1.165) is 0 Å². The fourth-order valence-electron chi connectivity index (χ4n) is 0. The number of halogens is 3. The summed E-state index contributed by atoms with van der Waals surface area (Å²) in [7, 11) is 0. The molecule has 0 bridgehead atoms. The Morgan fingerprint density at radius 3 is 0.800 bits per heavy atom. The van der Waals surface area contributed by atoms with Crippen molar-refractivity contribution >= 4 is 37.2 Å². The van der Waals surface area contributed by atoms with Crippen molar-refractivity contribution in [2.24, 2.45) is 0 Å². The molecule has 0 fully saturated rings. The minimum absolute atomic E-state index is 0. The van der Waals surface area contributed by atoms with E-state index in [-0.39, 0.29) is 19.6 Å². The minimum atomic E-state index is 0. The zero-order valence-electron chi connectivity index (χ0n) is 1.16. The molecule has 0 unspecified atom stereocenters. The van der Waals surface area contributed by atoms with Crippen LogP contribution in [-0.4, -0.2) is 0 Å². The molecule has 0 aliphatic heterocycles. The van der Waals surface area contributed by atoms with Crippen LogP contribution in [0, 0.1) is 0 Å². The average molecular weight is 306 g/mol. The van der Waals surface area contributed by atoms with Crippen LogP contribution >= 0.6 is 37.2 Å². The molecule has 0 spiro atoms. The van der Waals surface area contributed by atoms with Crippen LogP contribution in [0.25, 0.3) is 0 Å². The Labute approximate surface area is 56.4 Å². The smallest absolute Gasteiger partial charge is 0 e. The molecule has 0 nitrogen and oxygen atoms in total. The first kappa shape index (κ1) is 32.5. The zero-order chi connectivity index (χ0) is 2.00. The van der Waals surface area contributed by atoms with Gasteiger partial charge in [0.15, 0.2) is 0 Å². The van der Waals surface area contributed by atoms with Crippen molar-refractivity contribution in [3.05, 3.63) is 0 Å². The Bertz CT molecular complexity index is 7.61. The summed E-state index contributed by atoms with van der Waals surface area (Å²) < 4.78 is 0. The van der Waals surface area contributed by atoms with E-state index in [9.17, 15) is 0 Å². The van der Waals surface area contributed by atoms with Gasteiger partial charge in [0.1, 0.15) is 0 Å². The molecule has 0 aliphatic carbocycles. The number of hydrogen-bond donors (Lipinski definition) is 0. The lowest BCUT2D eigenvalue weighted by molar-refractivity contribution is 1.11. The molecule has 0 saturated carbocycles. The molecule has 0 heterocycles. The highest BCUT2D eigenvalue weighted by atomic mass is 128. The summed E-state index contributed by atoms with van der Waals surface area (Å²) >= 11 is 4.24. The van der Waals surface area contributed by atoms with Crippen molar-refractivity contribution in [2.75, 3.05) is 0 Å². The van der Waals surface area contributed by atoms with Gasteiger partial charge >= 0.3 is 0 Å². The Morgan fingerprint density at radius 2 is 0.800 bits per heavy atom. The molecule has 0 aromatic rings. The van der Waals surface area contributed by atoms with Crippen LogP contribution < -0.4 is 0 Å². The molecule has 38 valence electrons. The Morgan fingerprint density at radius 1 is 0.800 bits per heavy atom. The molecule has 0 N–H and O–H groups in total. The van der Waals surface area contributed by atoms with E-state index < -0.39 is 0 Å². The van der Waals surface area contributed by atoms with Crippen molar-refractivity contribution < 1.29 is 4.70 Å². The van der Waals surface area contributed by atoms with Gasteiger partial charge in [-0.2, -0.15) is 0 Å². The van der Waals surface area contributed by atoms with E-state index in [1.54, 1.807) is 0 Å². The Balaban J connectivity index is -0.00000000167. The first-order valence-electron chi connectivity index (χ1n) is 0.143. The van der Waals surface area contributed by atoms with Crippen molar-refractivity contribution in [2.45, 2.75) is 14.9 Å². The van der Waals surface area contributed by atoms with Gasteiger partial charge in [0.2, 0.25) is 0 Å². The van der Waals surface area contributed by atoms with Crippen molar-refractivity contribution in [1.29, 1.82) is 0 Å². The summed E-state index contributed by atoms with van der Waals surface area (Å²) in [4.78, 5) is 0. The molecule has 0 aromatic carbocycles. The number of rotatable bonds is 0. The molecule has 0 radical (unpaired) electrons. The summed E-state index contributed by atoms with van der Waals surface area (Å²) in [5.41, 5.74) is 0. The van der Waals surface area contributed by atoms with Gasteiger partial charge in [-0.05, 0) is 0 Å². The highest BCUT2D eigenvalue weighted by molar-refractivity contribution is 15.0. The predicted octanol–water partition coefficient (Wildman–Crippen LogP) is 3.20. The van der Waals surface area contributed by atoms with Gasteiger partial charge in [-0.3, -0.25) is 4.70 Å². The van der Waals surface area contributed by atoms with E-state index in [4.69, 9.17) is 0 Å². The first-order valence-corrected chi connectivity index (χ1v) is 6.43. The minimum Gasteiger partial charge on any atom is -0.269 e. The van der Waals surface area contributed by atoms with Crippen molar-refractivity contribution in [1.82, 2.24) is 0 Å². The quantitative estimate of drug-likeness (QED) is 0.603. The molecular weight excluding hydrogens is 297 g/mol. The number of hydrogen-bond acceptors (Lipinski definition) is 0. The fraction of sp³-hybridized carbons (Fsp3) is 1.00. The fourth-order valence-corrected chi connectivity index (χ4v) is 0. The molecule has 5 heavy (non-hydrogen) atoms. The van der Waals surface area contributed by atoms with Gasteiger partial charge in [0, 0.05) is 37.2 Å². The van der Waals surface area contributed by atoms with Gasteiger partial charge in [0.05, 0.1) is 0 Å². The molecule has 0 aromatic heterocycles. The maximum atomic E-state index is 2.12. The van der Waals surface area contributed by atoms with Crippen molar-refractivity contribution in [3.63, 3.8) is 0 Å². The summed E-state index contributed by atoms with van der Waals surface area (Å²) in [6.07, 6.45) is 0. The van der Waals surface area contributed by atoms with Crippen LogP contribution in [0.3, 0.4) is 0 Å². The first-order chi connectivity index (χ1) is 1.00. The molecule has 3 heteroatoms. The maximum absolute atomic E-state index is 2.12.